The zero-order chi connectivity index (χ0) is 16.9. The molecule has 2 aliphatic rings. The Morgan fingerprint density at radius 2 is 2.12 bits per heavy atom. The van der Waals surface area contributed by atoms with Crippen molar-refractivity contribution in [2.75, 3.05) is 18.8 Å². The molecule has 1 saturated carbocycles. The lowest BCUT2D eigenvalue weighted by atomic mass is 9.75. The maximum atomic E-state index is 12.5. The predicted molar refractivity (Wildman–Crippen MR) is 96.2 cm³/mol. The second kappa shape index (κ2) is 8.19. The van der Waals surface area contributed by atoms with Crippen molar-refractivity contribution in [3.8, 4) is 0 Å². The molecule has 1 amide bonds. The molecule has 5 nitrogen and oxygen atoms in total. The second-order valence-electron chi connectivity index (χ2n) is 7.01. The van der Waals surface area contributed by atoms with Crippen LogP contribution in [0.15, 0.2) is 16.0 Å². The van der Waals surface area contributed by atoms with Crippen LogP contribution in [0.3, 0.4) is 0 Å². The highest BCUT2D eigenvalue weighted by Crippen LogP contribution is 2.36. The molecule has 2 heterocycles. The molecule has 3 rings (SSSR count). The zero-order valence-corrected chi connectivity index (χ0v) is 15.2. The van der Waals surface area contributed by atoms with Gasteiger partial charge in [-0.3, -0.25) is 9.59 Å². The first-order valence-corrected chi connectivity index (χ1v) is 10.1. The minimum atomic E-state index is -0.133. The number of carbonyl (C=O) groups is 1. The van der Waals surface area contributed by atoms with E-state index in [4.69, 9.17) is 0 Å². The largest absolute Gasteiger partial charge is 0.342 e. The van der Waals surface area contributed by atoms with Crippen LogP contribution in [0.5, 0.6) is 0 Å². The molecule has 0 aromatic carbocycles. The number of carbonyl (C=O) groups excluding carboxylic acids is 1. The lowest BCUT2D eigenvalue weighted by Gasteiger charge is -2.41. The number of aryl methyl sites for hydroxylation is 1. The molecule has 24 heavy (non-hydrogen) atoms. The van der Waals surface area contributed by atoms with Gasteiger partial charge in [0, 0.05) is 24.8 Å². The van der Waals surface area contributed by atoms with Gasteiger partial charge in [-0.1, -0.05) is 44.4 Å². The number of aromatic nitrogens is 2. The third kappa shape index (κ3) is 4.41. The minimum absolute atomic E-state index is 0.133. The van der Waals surface area contributed by atoms with Gasteiger partial charge in [0.05, 0.1) is 5.75 Å². The van der Waals surface area contributed by atoms with Gasteiger partial charge in [-0.15, -0.1) is 0 Å². The molecule has 0 spiro atoms. The molecule has 6 heteroatoms. The first-order chi connectivity index (χ1) is 11.7. The smallest absolute Gasteiger partial charge is 0.251 e. The van der Waals surface area contributed by atoms with Crippen LogP contribution in [-0.2, 0) is 11.2 Å². The number of nitrogens with zero attached hydrogens (tertiary/aromatic N) is 2. The van der Waals surface area contributed by atoms with Crippen LogP contribution in [-0.4, -0.2) is 39.6 Å². The van der Waals surface area contributed by atoms with E-state index in [1.165, 1.54) is 37.4 Å². The molecule has 0 unspecified atom stereocenters. The number of hydrogen-bond acceptors (Lipinski definition) is 4. The van der Waals surface area contributed by atoms with Crippen molar-refractivity contribution >= 4 is 17.7 Å². The van der Waals surface area contributed by atoms with Gasteiger partial charge >= 0.3 is 0 Å². The number of fused-ring (bicyclic) bond motifs is 1. The van der Waals surface area contributed by atoms with Crippen molar-refractivity contribution in [1.82, 2.24) is 14.9 Å². The molecule has 1 aromatic rings. The number of thioether (sulfide) groups is 1. The Balaban J connectivity index is 1.55. The molecule has 2 fully saturated rings. The third-order valence-corrected chi connectivity index (χ3v) is 6.11. The highest BCUT2D eigenvalue weighted by molar-refractivity contribution is 7.99. The summed E-state index contributed by atoms with van der Waals surface area (Å²) in [5.74, 6) is 2.06. The molecule has 2 atom stereocenters. The van der Waals surface area contributed by atoms with E-state index in [0.29, 0.717) is 16.8 Å². The Morgan fingerprint density at radius 3 is 2.92 bits per heavy atom. The van der Waals surface area contributed by atoms with Gasteiger partial charge in [0.1, 0.15) is 0 Å². The SMILES string of the molecule is CCCc1cc(=O)[nH]c(SCC(=O)N2CC[C@H]3CCCC[C@H]3C2)n1. The fourth-order valence-electron chi connectivity index (χ4n) is 3.98. The van der Waals surface area contributed by atoms with Crippen LogP contribution in [0.1, 0.15) is 51.1 Å². The van der Waals surface area contributed by atoms with Crippen molar-refractivity contribution in [2.45, 2.75) is 57.0 Å². The average Bonchev–Trinajstić information content (AvgIpc) is 2.59. The minimum Gasteiger partial charge on any atom is -0.342 e. The Bertz CT molecular complexity index is 631. The number of aromatic amines is 1. The maximum Gasteiger partial charge on any atom is 0.251 e. The summed E-state index contributed by atoms with van der Waals surface area (Å²) < 4.78 is 0. The average molecular weight is 350 g/mol. The van der Waals surface area contributed by atoms with Crippen molar-refractivity contribution in [2.24, 2.45) is 11.8 Å². The van der Waals surface area contributed by atoms with Gasteiger partial charge in [-0.25, -0.2) is 4.98 Å². The van der Waals surface area contributed by atoms with Crippen LogP contribution >= 0.6 is 11.8 Å². The topological polar surface area (TPSA) is 66.1 Å². The zero-order valence-electron chi connectivity index (χ0n) is 14.4. The molecular weight excluding hydrogens is 322 g/mol. The summed E-state index contributed by atoms with van der Waals surface area (Å²) in [7, 11) is 0. The Hall–Kier alpha value is -1.30. The maximum absolute atomic E-state index is 12.5. The fourth-order valence-corrected chi connectivity index (χ4v) is 4.78. The monoisotopic (exact) mass is 349 g/mol. The van der Waals surface area contributed by atoms with Gasteiger partial charge in [0.25, 0.3) is 5.56 Å². The molecule has 1 saturated heterocycles. The van der Waals surface area contributed by atoms with Crippen molar-refractivity contribution in [3.63, 3.8) is 0 Å². The third-order valence-electron chi connectivity index (χ3n) is 5.26. The van der Waals surface area contributed by atoms with E-state index in [-0.39, 0.29) is 11.5 Å². The molecule has 0 bridgehead atoms. The molecule has 0 radical (unpaired) electrons. The Kier molecular flexibility index (Phi) is 5.98. The highest BCUT2D eigenvalue weighted by atomic mass is 32.2. The molecule has 1 aromatic heterocycles. The van der Waals surface area contributed by atoms with Gasteiger partial charge in [0.15, 0.2) is 5.16 Å². The number of likely N-dealkylation sites (tertiary alicyclic amines) is 1. The van der Waals surface area contributed by atoms with Crippen molar-refractivity contribution in [3.05, 3.63) is 22.1 Å². The molecular formula is C18H27N3O2S. The van der Waals surface area contributed by atoms with E-state index in [2.05, 4.69) is 16.9 Å². The first kappa shape index (κ1) is 17.5. The fraction of sp³-hybridized carbons (Fsp3) is 0.722. The summed E-state index contributed by atoms with van der Waals surface area (Å²) in [6.45, 7) is 3.87. The second-order valence-corrected chi connectivity index (χ2v) is 7.98. The van der Waals surface area contributed by atoms with E-state index in [0.717, 1.165) is 44.0 Å². The lowest BCUT2D eigenvalue weighted by molar-refractivity contribution is -0.131. The van der Waals surface area contributed by atoms with Crippen LogP contribution in [0.2, 0.25) is 0 Å². The quantitative estimate of drug-likeness (QED) is 0.656. The molecule has 1 aliphatic carbocycles. The van der Waals surface area contributed by atoms with E-state index in [1.807, 2.05) is 4.90 Å². The van der Waals surface area contributed by atoms with Gasteiger partial charge in [0.2, 0.25) is 5.91 Å². The number of rotatable bonds is 5. The number of nitrogens with one attached hydrogen (secondary N) is 1. The first-order valence-electron chi connectivity index (χ1n) is 9.16. The van der Waals surface area contributed by atoms with E-state index >= 15 is 0 Å². The molecule has 1 aliphatic heterocycles. The summed E-state index contributed by atoms with van der Waals surface area (Å²) in [5.41, 5.74) is 0.672. The van der Waals surface area contributed by atoms with Crippen LogP contribution in [0.4, 0.5) is 0 Å². The summed E-state index contributed by atoms with van der Waals surface area (Å²) >= 11 is 1.35. The lowest BCUT2D eigenvalue weighted by Crippen LogP contribution is -2.45. The van der Waals surface area contributed by atoms with Crippen molar-refractivity contribution < 1.29 is 4.79 Å². The van der Waals surface area contributed by atoms with E-state index in [9.17, 15) is 9.59 Å². The Labute approximate surface area is 147 Å². The number of H-pyrrole nitrogens is 1. The summed E-state index contributed by atoms with van der Waals surface area (Å²) in [5, 5.41) is 0.562. The van der Waals surface area contributed by atoms with Crippen LogP contribution in [0, 0.1) is 11.8 Å². The van der Waals surface area contributed by atoms with Crippen LogP contribution < -0.4 is 5.56 Å². The highest BCUT2D eigenvalue weighted by Gasteiger charge is 2.32. The molecule has 1 N–H and O–H groups in total. The van der Waals surface area contributed by atoms with Gasteiger partial charge < -0.3 is 9.88 Å². The predicted octanol–water partition coefficient (Wildman–Crippen LogP) is 2.85. The van der Waals surface area contributed by atoms with Crippen molar-refractivity contribution in [1.29, 1.82) is 0 Å². The van der Waals surface area contributed by atoms with Crippen LogP contribution in [0.25, 0.3) is 0 Å². The van der Waals surface area contributed by atoms with Gasteiger partial charge in [-0.05, 0) is 31.1 Å². The van der Waals surface area contributed by atoms with E-state index < -0.39 is 0 Å². The number of amides is 1. The Morgan fingerprint density at radius 1 is 1.33 bits per heavy atom. The number of hydrogen-bond donors (Lipinski definition) is 1. The van der Waals surface area contributed by atoms with Gasteiger partial charge in [-0.2, -0.15) is 0 Å². The summed E-state index contributed by atoms with van der Waals surface area (Å²) in [6.07, 6.45) is 8.19. The number of piperidine rings is 1. The summed E-state index contributed by atoms with van der Waals surface area (Å²) in [6, 6.07) is 1.54. The molecule has 132 valence electrons. The standard InChI is InChI=1S/C18H27N3O2S/c1-2-5-15-10-16(22)20-18(19-15)24-12-17(23)21-9-8-13-6-3-4-7-14(13)11-21/h10,13-14H,2-9,11-12H2,1H3,(H,19,20,22)/t13-,14+/m1/s1. The van der Waals surface area contributed by atoms with E-state index in [1.54, 1.807) is 6.07 Å². The summed E-state index contributed by atoms with van der Waals surface area (Å²) in [4.78, 5) is 33.4. The normalized spacial score (nSPS) is 23.8.